The average Bonchev–Trinajstić information content (AvgIpc) is 3.61. The van der Waals surface area contributed by atoms with Crippen molar-refractivity contribution in [2.75, 3.05) is 77.5 Å². The third-order valence-corrected chi connectivity index (χ3v) is 15.7. The van der Waals surface area contributed by atoms with Gasteiger partial charge in [-0.25, -0.2) is 22.0 Å². The fourth-order valence-electron chi connectivity index (χ4n) is 10.5. The number of halogens is 2. The fourth-order valence-corrected chi connectivity index (χ4v) is 12.2. The van der Waals surface area contributed by atoms with Crippen LogP contribution in [-0.4, -0.2) is 135 Å². The molecule has 2 N–H and O–H groups in total. The summed E-state index contributed by atoms with van der Waals surface area (Å²) in [4.78, 5) is 33.3. The number of sulfone groups is 1. The van der Waals surface area contributed by atoms with Crippen molar-refractivity contribution in [3.8, 4) is 0 Å². The number of nitrogens with one attached hydrogen (secondary N) is 1. The Kier molecular flexibility index (Phi) is 11.8. The molecule has 11 nitrogen and oxygen atoms in total. The van der Waals surface area contributed by atoms with E-state index in [0.29, 0.717) is 19.4 Å². The summed E-state index contributed by atoms with van der Waals surface area (Å²) in [7, 11) is -2.23. The molecular weight excluding hydrogens is 741 g/mol. The van der Waals surface area contributed by atoms with Gasteiger partial charge in [0.05, 0.1) is 30.3 Å². The predicted molar refractivity (Wildman–Crippen MR) is 211 cm³/mol. The number of carbonyl (C=O) groups is 2. The quantitative estimate of drug-likeness (QED) is 0.313. The molecule has 14 heteroatoms. The SMILES string of the molecule is COC(=O)N[C@H]1CCC[C@@H]1[C@](CN1CCC1)(c1cccc(F)c1)C1CCN(CC2(F)CN(c3ccc(S(=O)(=O)C4CCN(C(=O)C(C)(C)O)CC4)cc3)C2)CC1. The van der Waals surface area contributed by atoms with E-state index < -0.39 is 38.4 Å². The zero-order valence-corrected chi connectivity index (χ0v) is 33.9. The number of amides is 2. The van der Waals surface area contributed by atoms with E-state index in [1.54, 1.807) is 36.4 Å². The summed E-state index contributed by atoms with van der Waals surface area (Å²) in [5.74, 6) is -0.327. The molecule has 7 rings (SSSR count). The molecule has 5 aliphatic rings. The van der Waals surface area contributed by atoms with Crippen LogP contribution in [0, 0.1) is 17.7 Å². The minimum absolute atomic E-state index is 0.0790. The smallest absolute Gasteiger partial charge is 0.407 e. The van der Waals surface area contributed by atoms with Gasteiger partial charge in [-0.3, -0.25) is 9.69 Å². The Labute approximate surface area is 330 Å². The molecule has 3 atom stereocenters. The van der Waals surface area contributed by atoms with Gasteiger partial charge in [-0.1, -0.05) is 18.6 Å². The number of benzene rings is 2. The number of hydrogen-bond donors (Lipinski definition) is 2. The molecule has 0 unspecified atom stereocenters. The van der Waals surface area contributed by atoms with Gasteiger partial charge >= 0.3 is 6.09 Å². The normalized spacial score (nSPS) is 25.2. The summed E-state index contributed by atoms with van der Waals surface area (Å²) in [6.07, 6.45) is 5.75. The van der Waals surface area contributed by atoms with Crippen molar-refractivity contribution < 1.29 is 36.6 Å². The molecule has 56 heavy (non-hydrogen) atoms. The van der Waals surface area contributed by atoms with Crippen molar-refractivity contribution in [1.82, 2.24) is 20.0 Å². The van der Waals surface area contributed by atoms with Crippen LogP contribution in [0.4, 0.5) is 19.3 Å². The van der Waals surface area contributed by atoms with Crippen molar-refractivity contribution >= 4 is 27.5 Å². The van der Waals surface area contributed by atoms with Gasteiger partial charge in [0.25, 0.3) is 5.91 Å². The Balaban J connectivity index is 0.978. The summed E-state index contributed by atoms with van der Waals surface area (Å²) in [6, 6.07) is 13.7. The zero-order chi connectivity index (χ0) is 39.9. The Hall–Kier alpha value is -3.33. The first-order valence-corrected chi connectivity index (χ1v) is 22.0. The molecule has 4 aliphatic heterocycles. The molecule has 1 saturated carbocycles. The molecule has 0 aromatic heterocycles. The number of aliphatic hydroxyl groups is 1. The molecule has 2 amide bonds. The summed E-state index contributed by atoms with van der Waals surface area (Å²) < 4.78 is 63.3. The number of methoxy groups -OCH3 is 1. The number of hydrogen-bond acceptors (Lipinski definition) is 9. The Morgan fingerprint density at radius 3 is 2.18 bits per heavy atom. The number of rotatable bonds is 12. The minimum Gasteiger partial charge on any atom is -0.453 e. The molecule has 5 fully saturated rings. The summed E-state index contributed by atoms with van der Waals surface area (Å²) >= 11 is 0. The van der Waals surface area contributed by atoms with Crippen molar-refractivity contribution in [3.63, 3.8) is 0 Å². The van der Waals surface area contributed by atoms with E-state index in [2.05, 4.69) is 21.2 Å². The van der Waals surface area contributed by atoms with Crippen molar-refractivity contribution in [1.29, 1.82) is 0 Å². The summed E-state index contributed by atoms with van der Waals surface area (Å²) in [6.45, 7) is 8.44. The molecular formula is C42H59F2N5O6S. The Morgan fingerprint density at radius 2 is 1.59 bits per heavy atom. The number of nitrogens with zero attached hydrogens (tertiary/aromatic N) is 4. The van der Waals surface area contributed by atoms with Crippen molar-refractivity contribution in [2.24, 2.45) is 11.8 Å². The first-order valence-electron chi connectivity index (χ1n) is 20.5. The maximum Gasteiger partial charge on any atom is 0.407 e. The number of anilines is 1. The number of ether oxygens (including phenoxy) is 1. The van der Waals surface area contributed by atoms with Gasteiger partial charge in [-0.2, -0.15) is 0 Å². The topological polar surface area (TPSA) is 123 Å². The van der Waals surface area contributed by atoms with Gasteiger partial charge in [0.15, 0.2) is 15.5 Å². The maximum absolute atomic E-state index is 16.3. The predicted octanol–water partition coefficient (Wildman–Crippen LogP) is 4.77. The van der Waals surface area contributed by atoms with Gasteiger partial charge < -0.3 is 29.9 Å². The lowest BCUT2D eigenvalue weighted by atomic mass is 9.57. The van der Waals surface area contributed by atoms with Gasteiger partial charge in [0, 0.05) is 43.3 Å². The molecule has 0 bridgehead atoms. The number of alkyl halides is 1. The number of likely N-dealkylation sites (tertiary alicyclic amines) is 3. The van der Waals surface area contributed by atoms with E-state index in [-0.39, 0.29) is 60.2 Å². The van der Waals surface area contributed by atoms with Crippen LogP contribution in [0.2, 0.25) is 0 Å². The van der Waals surface area contributed by atoms with Crippen LogP contribution >= 0.6 is 0 Å². The van der Waals surface area contributed by atoms with Crippen LogP contribution in [-0.2, 0) is 24.8 Å². The molecule has 0 radical (unpaired) electrons. The largest absolute Gasteiger partial charge is 0.453 e. The van der Waals surface area contributed by atoms with E-state index in [9.17, 15) is 23.1 Å². The van der Waals surface area contributed by atoms with Crippen molar-refractivity contribution in [2.45, 2.75) is 98.1 Å². The summed E-state index contributed by atoms with van der Waals surface area (Å²) in [5.41, 5.74) is -1.51. The lowest BCUT2D eigenvalue weighted by Crippen LogP contribution is -2.65. The number of piperidine rings is 2. The van der Waals surface area contributed by atoms with E-state index in [1.165, 1.54) is 31.9 Å². The molecule has 2 aromatic rings. The second-order valence-electron chi connectivity index (χ2n) is 17.6. The van der Waals surface area contributed by atoms with Gasteiger partial charge in [-0.05, 0) is 139 Å². The first-order chi connectivity index (χ1) is 26.6. The lowest BCUT2D eigenvalue weighted by molar-refractivity contribution is -0.148. The van der Waals surface area contributed by atoms with Crippen LogP contribution in [0.5, 0.6) is 0 Å². The summed E-state index contributed by atoms with van der Waals surface area (Å²) in [5, 5.41) is 12.6. The highest BCUT2D eigenvalue weighted by molar-refractivity contribution is 7.92. The standard InChI is InChI=1S/C42H59F2N5O6S/c1-40(2,52)38(50)48-23-17-35(18-24-48)56(53,54)34-13-11-33(12-14-34)49-27-41(44,28-49)26-47-21-15-30(16-22-47)42(29-46-19-6-20-46,31-7-4-8-32(43)25-31)36-9-5-10-37(36)45-39(51)55-3/h4,7-8,11-14,25,30,35-37,52H,5-6,9-10,15-24,26-29H2,1-3H3,(H,45,51)/t36-,37-,42-/m0/s1. The van der Waals surface area contributed by atoms with Crippen molar-refractivity contribution in [3.05, 3.63) is 59.9 Å². The van der Waals surface area contributed by atoms with Crippen LogP contribution in [0.15, 0.2) is 53.4 Å². The second-order valence-corrected chi connectivity index (χ2v) is 19.8. The monoisotopic (exact) mass is 799 g/mol. The molecule has 1 aliphatic carbocycles. The number of carbonyl (C=O) groups excluding carboxylic acids is 2. The van der Waals surface area contributed by atoms with Crippen LogP contribution in [0.25, 0.3) is 0 Å². The average molecular weight is 800 g/mol. The highest BCUT2D eigenvalue weighted by Crippen LogP contribution is 2.52. The minimum atomic E-state index is -3.62. The third-order valence-electron chi connectivity index (χ3n) is 13.5. The first kappa shape index (κ1) is 40.9. The van der Waals surface area contributed by atoms with E-state index in [0.717, 1.165) is 82.5 Å². The van der Waals surface area contributed by atoms with E-state index >= 15 is 8.78 Å². The lowest BCUT2D eigenvalue weighted by Gasteiger charge is -2.54. The Bertz CT molecular complexity index is 1820. The second kappa shape index (κ2) is 16.1. The number of alkyl carbamates (subject to hydrolysis) is 1. The van der Waals surface area contributed by atoms with Crippen LogP contribution < -0.4 is 10.2 Å². The maximum atomic E-state index is 16.3. The van der Waals surface area contributed by atoms with E-state index in [1.807, 2.05) is 4.90 Å². The molecule has 0 spiro atoms. The van der Waals surface area contributed by atoms with Crippen LogP contribution in [0.1, 0.15) is 70.8 Å². The highest BCUT2D eigenvalue weighted by Gasteiger charge is 2.54. The molecule has 4 heterocycles. The molecule has 4 saturated heterocycles. The molecule has 2 aromatic carbocycles. The highest BCUT2D eigenvalue weighted by atomic mass is 32.2. The van der Waals surface area contributed by atoms with Gasteiger partial charge in [0.2, 0.25) is 0 Å². The van der Waals surface area contributed by atoms with Gasteiger partial charge in [-0.15, -0.1) is 0 Å². The Morgan fingerprint density at radius 1 is 0.911 bits per heavy atom. The van der Waals surface area contributed by atoms with Crippen LogP contribution in [0.3, 0.4) is 0 Å². The molecule has 308 valence electrons. The zero-order valence-electron chi connectivity index (χ0n) is 33.1. The third kappa shape index (κ3) is 8.31. The fraction of sp³-hybridized carbons (Fsp3) is 0.667. The van der Waals surface area contributed by atoms with E-state index in [4.69, 9.17) is 4.74 Å². The van der Waals surface area contributed by atoms with Gasteiger partial charge in [0.1, 0.15) is 11.4 Å².